The van der Waals surface area contributed by atoms with Crippen LogP contribution >= 0.6 is 0 Å². The number of rotatable bonds is 2. The number of carbonyl (C=O) groups is 1. The van der Waals surface area contributed by atoms with Crippen LogP contribution in [0.2, 0.25) is 0 Å². The number of aromatic nitrogens is 1. The predicted molar refractivity (Wildman–Crippen MR) is 50.9 cm³/mol. The van der Waals surface area contributed by atoms with Crippen molar-refractivity contribution in [3.05, 3.63) is 34.2 Å². The summed E-state index contributed by atoms with van der Waals surface area (Å²) >= 11 is 0. The van der Waals surface area contributed by atoms with Crippen LogP contribution in [0.1, 0.15) is 24.2 Å². The van der Waals surface area contributed by atoms with Crippen molar-refractivity contribution in [3.8, 4) is 0 Å². The third-order valence-corrected chi connectivity index (χ3v) is 1.89. The summed E-state index contributed by atoms with van der Waals surface area (Å²) < 4.78 is 1.41. The molecule has 70 valence electrons. The number of Topliss-reactive ketones (excluding diaryl/α,β-unsaturated/α-hetero) is 1. The minimum atomic E-state index is -0.0969. The SMILES string of the molecule is CC(C)C(=O)c1ccc(=O)n(C)c1. The Morgan fingerprint density at radius 2 is 2.00 bits per heavy atom. The number of aryl methyl sites for hydroxylation is 1. The van der Waals surface area contributed by atoms with Gasteiger partial charge in [0.25, 0.3) is 0 Å². The van der Waals surface area contributed by atoms with E-state index in [0.29, 0.717) is 5.56 Å². The molecule has 0 atom stereocenters. The molecule has 1 heterocycles. The highest BCUT2D eigenvalue weighted by atomic mass is 16.1. The van der Waals surface area contributed by atoms with E-state index in [1.807, 2.05) is 13.8 Å². The minimum Gasteiger partial charge on any atom is -0.318 e. The molecule has 0 radical (unpaired) electrons. The van der Waals surface area contributed by atoms with Crippen molar-refractivity contribution >= 4 is 5.78 Å². The fourth-order valence-corrected chi connectivity index (χ4v) is 1.07. The van der Waals surface area contributed by atoms with Crippen LogP contribution in [0.5, 0.6) is 0 Å². The molecule has 0 N–H and O–H groups in total. The second-order valence-corrected chi connectivity index (χ2v) is 3.39. The van der Waals surface area contributed by atoms with E-state index in [1.165, 1.54) is 10.6 Å². The van der Waals surface area contributed by atoms with Crippen molar-refractivity contribution in [2.75, 3.05) is 0 Å². The number of hydrogen-bond acceptors (Lipinski definition) is 2. The van der Waals surface area contributed by atoms with E-state index >= 15 is 0 Å². The van der Waals surface area contributed by atoms with Gasteiger partial charge in [-0.05, 0) is 6.07 Å². The topological polar surface area (TPSA) is 39.1 Å². The minimum absolute atomic E-state index is 0.0301. The van der Waals surface area contributed by atoms with Gasteiger partial charge in [0.1, 0.15) is 0 Å². The molecule has 0 unspecified atom stereocenters. The lowest BCUT2D eigenvalue weighted by Crippen LogP contribution is -2.18. The normalized spacial score (nSPS) is 10.5. The number of ketones is 1. The standard InChI is InChI=1S/C10H13NO2/c1-7(2)10(13)8-4-5-9(12)11(3)6-8/h4-7H,1-3H3. The summed E-state index contributed by atoms with van der Waals surface area (Å²) in [4.78, 5) is 22.5. The molecular weight excluding hydrogens is 166 g/mol. The van der Waals surface area contributed by atoms with Gasteiger partial charge in [0.2, 0.25) is 5.56 Å². The van der Waals surface area contributed by atoms with E-state index in [2.05, 4.69) is 0 Å². The molecule has 3 heteroatoms. The molecule has 0 fully saturated rings. The first-order valence-corrected chi connectivity index (χ1v) is 4.23. The molecule has 0 bridgehead atoms. The molecule has 3 nitrogen and oxygen atoms in total. The third kappa shape index (κ3) is 2.05. The molecule has 0 saturated heterocycles. The Hall–Kier alpha value is -1.38. The quantitative estimate of drug-likeness (QED) is 0.640. The van der Waals surface area contributed by atoms with Gasteiger partial charge in [-0.3, -0.25) is 9.59 Å². The molecule has 1 aromatic heterocycles. The van der Waals surface area contributed by atoms with Gasteiger partial charge in [-0.1, -0.05) is 13.8 Å². The van der Waals surface area contributed by atoms with Gasteiger partial charge in [0, 0.05) is 30.8 Å². The van der Waals surface area contributed by atoms with Gasteiger partial charge in [-0.2, -0.15) is 0 Å². The van der Waals surface area contributed by atoms with Crippen LogP contribution in [0.4, 0.5) is 0 Å². The van der Waals surface area contributed by atoms with Gasteiger partial charge in [-0.15, -0.1) is 0 Å². The zero-order valence-corrected chi connectivity index (χ0v) is 8.07. The van der Waals surface area contributed by atoms with Crippen LogP contribution in [0.3, 0.4) is 0 Å². The lowest BCUT2D eigenvalue weighted by atomic mass is 10.0. The maximum Gasteiger partial charge on any atom is 0.250 e. The predicted octanol–water partition coefficient (Wildman–Crippen LogP) is 1.22. The van der Waals surface area contributed by atoms with Gasteiger partial charge < -0.3 is 4.57 Å². The summed E-state index contributed by atoms with van der Waals surface area (Å²) in [5, 5.41) is 0. The summed E-state index contributed by atoms with van der Waals surface area (Å²) in [7, 11) is 1.64. The fourth-order valence-electron chi connectivity index (χ4n) is 1.07. The smallest absolute Gasteiger partial charge is 0.250 e. The van der Waals surface area contributed by atoms with Crippen LogP contribution in [0.25, 0.3) is 0 Å². The number of nitrogens with zero attached hydrogens (tertiary/aromatic N) is 1. The Kier molecular flexibility index (Phi) is 2.66. The largest absolute Gasteiger partial charge is 0.318 e. The second kappa shape index (κ2) is 3.56. The van der Waals surface area contributed by atoms with Gasteiger partial charge in [0.15, 0.2) is 5.78 Å². The van der Waals surface area contributed by atoms with Gasteiger partial charge in [0.05, 0.1) is 0 Å². The molecule has 1 aromatic rings. The van der Waals surface area contributed by atoms with Gasteiger partial charge >= 0.3 is 0 Å². The molecule has 0 saturated carbocycles. The monoisotopic (exact) mass is 179 g/mol. The summed E-state index contributed by atoms with van der Waals surface area (Å²) in [6.07, 6.45) is 1.57. The Balaban J connectivity index is 3.11. The first-order valence-electron chi connectivity index (χ1n) is 4.23. The maximum absolute atomic E-state index is 11.5. The van der Waals surface area contributed by atoms with E-state index in [-0.39, 0.29) is 17.3 Å². The van der Waals surface area contributed by atoms with Crippen molar-refractivity contribution in [2.24, 2.45) is 13.0 Å². The van der Waals surface area contributed by atoms with Gasteiger partial charge in [-0.25, -0.2) is 0 Å². The van der Waals surface area contributed by atoms with E-state index in [0.717, 1.165) is 0 Å². The Morgan fingerprint density at radius 3 is 2.46 bits per heavy atom. The van der Waals surface area contributed by atoms with Crippen molar-refractivity contribution in [1.29, 1.82) is 0 Å². The van der Waals surface area contributed by atoms with Crippen molar-refractivity contribution in [2.45, 2.75) is 13.8 Å². The summed E-state index contributed by atoms with van der Waals surface area (Å²) in [6, 6.07) is 2.99. The second-order valence-electron chi connectivity index (χ2n) is 3.39. The molecule has 0 aliphatic carbocycles. The van der Waals surface area contributed by atoms with E-state index in [1.54, 1.807) is 19.3 Å². The average molecular weight is 179 g/mol. The number of carbonyl (C=O) groups excluding carboxylic acids is 1. The zero-order chi connectivity index (χ0) is 10.0. The number of pyridine rings is 1. The molecule has 0 aliphatic heterocycles. The molecule has 0 aliphatic rings. The third-order valence-electron chi connectivity index (χ3n) is 1.89. The molecule has 13 heavy (non-hydrogen) atoms. The van der Waals surface area contributed by atoms with Crippen LogP contribution in [0, 0.1) is 5.92 Å². The Labute approximate surface area is 77.0 Å². The highest BCUT2D eigenvalue weighted by Gasteiger charge is 2.10. The zero-order valence-electron chi connectivity index (χ0n) is 8.07. The van der Waals surface area contributed by atoms with Crippen molar-refractivity contribution in [1.82, 2.24) is 4.57 Å². The average Bonchev–Trinajstić information content (AvgIpc) is 2.08. The molecule has 0 aromatic carbocycles. The maximum atomic E-state index is 11.5. The van der Waals surface area contributed by atoms with E-state index in [4.69, 9.17) is 0 Å². The van der Waals surface area contributed by atoms with Crippen LogP contribution in [0.15, 0.2) is 23.1 Å². The molecular formula is C10H13NO2. The lowest BCUT2D eigenvalue weighted by Gasteiger charge is -2.04. The van der Waals surface area contributed by atoms with E-state index < -0.39 is 0 Å². The molecule has 0 amide bonds. The van der Waals surface area contributed by atoms with Crippen molar-refractivity contribution < 1.29 is 4.79 Å². The van der Waals surface area contributed by atoms with E-state index in [9.17, 15) is 9.59 Å². The summed E-state index contributed by atoms with van der Waals surface area (Å²) in [6.45, 7) is 3.68. The Bertz CT molecular complexity index is 377. The summed E-state index contributed by atoms with van der Waals surface area (Å²) in [5.41, 5.74) is 0.498. The van der Waals surface area contributed by atoms with Crippen molar-refractivity contribution in [3.63, 3.8) is 0 Å². The van der Waals surface area contributed by atoms with Crippen LogP contribution < -0.4 is 5.56 Å². The molecule has 1 rings (SSSR count). The highest BCUT2D eigenvalue weighted by molar-refractivity contribution is 5.97. The lowest BCUT2D eigenvalue weighted by molar-refractivity contribution is 0.0938. The molecule has 0 spiro atoms. The van der Waals surface area contributed by atoms with Crippen LogP contribution in [-0.2, 0) is 7.05 Å². The summed E-state index contributed by atoms with van der Waals surface area (Å²) in [5.74, 6) is 0.0353. The fraction of sp³-hybridized carbons (Fsp3) is 0.400. The Morgan fingerprint density at radius 1 is 1.38 bits per heavy atom. The highest BCUT2D eigenvalue weighted by Crippen LogP contribution is 2.05. The first kappa shape index (κ1) is 9.71. The first-order chi connectivity index (χ1) is 6.02. The number of hydrogen-bond donors (Lipinski definition) is 0. The van der Waals surface area contributed by atoms with Crippen LogP contribution in [-0.4, -0.2) is 10.4 Å².